The minimum absolute atomic E-state index is 0.225. The van der Waals surface area contributed by atoms with Gasteiger partial charge in [-0.2, -0.15) is 0 Å². The monoisotopic (exact) mass is 252 g/mol. The second-order valence-electron chi connectivity index (χ2n) is 7.52. The first-order valence-electron chi connectivity index (χ1n) is 7.58. The molecule has 18 heavy (non-hydrogen) atoms. The van der Waals surface area contributed by atoms with E-state index in [1.807, 2.05) is 0 Å². The zero-order valence-electron chi connectivity index (χ0n) is 13.1. The van der Waals surface area contributed by atoms with Crippen molar-refractivity contribution in [2.24, 2.45) is 11.3 Å². The highest BCUT2D eigenvalue weighted by molar-refractivity contribution is 6.61. The van der Waals surface area contributed by atoms with E-state index in [1.165, 1.54) is 6.42 Å². The van der Waals surface area contributed by atoms with Gasteiger partial charge in [0.15, 0.2) is 6.71 Å². The average molecular weight is 252 g/mol. The molecule has 0 aromatic rings. The van der Waals surface area contributed by atoms with Crippen molar-refractivity contribution in [2.45, 2.75) is 84.9 Å². The highest BCUT2D eigenvalue weighted by Crippen LogP contribution is 2.49. The van der Waals surface area contributed by atoms with E-state index in [-0.39, 0.29) is 5.41 Å². The summed E-state index contributed by atoms with van der Waals surface area (Å²) in [6, 6.07) is 0.360. The lowest BCUT2D eigenvalue weighted by atomic mass is 9.36. The maximum atomic E-state index is 6.23. The fourth-order valence-electron chi connectivity index (χ4n) is 3.77. The molecule has 6 atom stereocenters. The summed E-state index contributed by atoms with van der Waals surface area (Å²) in [5, 5.41) is 0. The van der Waals surface area contributed by atoms with Gasteiger partial charge in [-0.15, -0.1) is 0 Å². The lowest BCUT2D eigenvalue weighted by molar-refractivity contribution is 0.00634. The van der Waals surface area contributed by atoms with Crippen LogP contribution in [0.15, 0.2) is 0 Å². The molecule has 2 heterocycles. The Labute approximate surface area is 113 Å². The second kappa shape index (κ2) is 4.83. The van der Waals surface area contributed by atoms with Gasteiger partial charge in [-0.05, 0) is 24.1 Å². The molecule has 2 fully saturated rings. The van der Waals surface area contributed by atoms with Crippen LogP contribution in [0.25, 0.3) is 0 Å². The smallest absolute Gasteiger partial charge is 0.182 e. The third kappa shape index (κ3) is 2.49. The normalized spacial score (nSPS) is 42.2. The molecule has 0 spiro atoms. The summed E-state index contributed by atoms with van der Waals surface area (Å²) in [4.78, 5) is 0. The van der Waals surface area contributed by atoms with Crippen molar-refractivity contribution in [3.05, 3.63) is 0 Å². The highest BCUT2D eigenvalue weighted by atomic mass is 16.6. The van der Waals surface area contributed by atoms with E-state index in [4.69, 9.17) is 9.47 Å². The Morgan fingerprint density at radius 1 is 1.22 bits per heavy atom. The Hall–Kier alpha value is -0.0151. The van der Waals surface area contributed by atoms with Gasteiger partial charge in [0.05, 0.1) is 18.3 Å². The minimum Gasteiger partial charge on any atom is -0.383 e. The summed E-state index contributed by atoms with van der Waals surface area (Å²) in [6.45, 7) is 16.6. The van der Waals surface area contributed by atoms with Gasteiger partial charge < -0.3 is 9.47 Å². The van der Waals surface area contributed by atoms with Crippen LogP contribution in [0.3, 0.4) is 0 Å². The molecule has 2 aliphatic rings. The zero-order valence-corrected chi connectivity index (χ0v) is 13.1. The first-order valence-corrected chi connectivity index (χ1v) is 7.58. The van der Waals surface area contributed by atoms with E-state index < -0.39 is 0 Å². The lowest BCUT2D eigenvalue weighted by Crippen LogP contribution is -2.38. The van der Waals surface area contributed by atoms with Crippen molar-refractivity contribution >= 4 is 6.71 Å². The molecule has 2 saturated heterocycles. The molecule has 0 aromatic carbocycles. The topological polar surface area (TPSA) is 21.8 Å². The summed E-state index contributed by atoms with van der Waals surface area (Å²) in [5.41, 5.74) is 0.225. The molecule has 0 bridgehead atoms. The van der Waals surface area contributed by atoms with Crippen LogP contribution < -0.4 is 0 Å². The van der Waals surface area contributed by atoms with E-state index in [0.717, 1.165) is 0 Å². The van der Waals surface area contributed by atoms with Crippen molar-refractivity contribution in [1.82, 2.24) is 0 Å². The predicted molar refractivity (Wildman–Crippen MR) is 77.3 cm³/mol. The van der Waals surface area contributed by atoms with Crippen LogP contribution >= 0.6 is 0 Å². The van der Waals surface area contributed by atoms with Crippen LogP contribution in [0.2, 0.25) is 12.6 Å². The van der Waals surface area contributed by atoms with Crippen molar-refractivity contribution in [1.29, 1.82) is 0 Å². The Kier molecular flexibility index (Phi) is 3.86. The average Bonchev–Trinajstić information content (AvgIpc) is 2.97. The zero-order chi connectivity index (χ0) is 13.7. The maximum Gasteiger partial charge on any atom is 0.182 e. The quantitative estimate of drug-likeness (QED) is 0.564. The third-order valence-corrected chi connectivity index (χ3v) is 4.99. The SMILES string of the molecule is CCC(C)C1OC1C1B(C)C(C(C)(C)C)OC1C. The molecular formula is C15H29BO2. The minimum atomic E-state index is 0.225. The van der Waals surface area contributed by atoms with Gasteiger partial charge >= 0.3 is 0 Å². The van der Waals surface area contributed by atoms with Gasteiger partial charge in [0.2, 0.25) is 0 Å². The summed E-state index contributed by atoms with van der Waals surface area (Å²) in [5.74, 6) is 1.26. The molecule has 2 nitrogen and oxygen atoms in total. The maximum absolute atomic E-state index is 6.23. The molecule has 0 saturated carbocycles. The fourth-order valence-corrected chi connectivity index (χ4v) is 3.77. The van der Waals surface area contributed by atoms with Crippen LogP contribution in [0, 0.1) is 11.3 Å². The molecule has 0 aliphatic carbocycles. The Morgan fingerprint density at radius 3 is 2.28 bits per heavy atom. The Balaban J connectivity index is 2.03. The number of hydrogen-bond donors (Lipinski definition) is 0. The first kappa shape index (κ1) is 14.4. The number of rotatable bonds is 3. The predicted octanol–water partition coefficient (Wildman–Crippen LogP) is 3.67. The molecule has 6 unspecified atom stereocenters. The van der Waals surface area contributed by atoms with Crippen LogP contribution in [-0.2, 0) is 9.47 Å². The Bertz CT molecular complexity index is 299. The van der Waals surface area contributed by atoms with Crippen molar-refractivity contribution in [2.75, 3.05) is 0 Å². The van der Waals surface area contributed by atoms with E-state index in [1.54, 1.807) is 0 Å². The van der Waals surface area contributed by atoms with E-state index in [9.17, 15) is 0 Å². The number of epoxide rings is 1. The largest absolute Gasteiger partial charge is 0.383 e. The van der Waals surface area contributed by atoms with Gasteiger partial charge in [0.25, 0.3) is 0 Å². The molecule has 0 amide bonds. The van der Waals surface area contributed by atoms with Gasteiger partial charge in [-0.25, -0.2) is 0 Å². The highest BCUT2D eigenvalue weighted by Gasteiger charge is 2.58. The third-order valence-electron chi connectivity index (χ3n) is 4.99. The molecule has 104 valence electrons. The van der Waals surface area contributed by atoms with Crippen molar-refractivity contribution in [3.63, 3.8) is 0 Å². The summed E-state index contributed by atoms with van der Waals surface area (Å²) >= 11 is 0. The molecule has 3 heteroatoms. The molecule has 2 aliphatic heterocycles. The van der Waals surface area contributed by atoms with Crippen LogP contribution in [0.1, 0.15) is 48.0 Å². The van der Waals surface area contributed by atoms with Gasteiger partial charge in [0, 0.05) is 6.00 Å². The van der Waals surface area contributed by atoms with Crippen LogP contribution in [0.4, 0.5) is 0 Å². The summed E-state index contributed by atoms with van der Waals surface area (Å²) in [6.07, 6.45) is 2.47. The Morgan fingerprint density at radius 2 is 1.83 bits per heavy atom. The molecule has 0 N–H and O–H groups in total. The summed E-state index contributed by atoms with van der Waals surface area (Å²) < 4.78 is 12.2. The van der Waals surface area contributed by atoms with Gasteiger partial charge in [0.1, 0.15) is 0 Å². The van der Waals surface area contributed by atoms with E-state index >= 15 is 0 Å². The van der Waals surface area contributed by atoms with Crippen LogP contribution in [-0.4, -0.2) is 31.0 Å². The van der Waals surface area contributed by atoms with E-state index in [2.05, 4.69) is 48.4 Å². The lowest BCUT2D eigenvalue weighted by Gasteiger charge is -2.29. The standard InChI is InChI=1S/C15H29BO2/c1-8-9(2)12-13(18-12)11-10(3)17-14(16(11)7)15(4,5)6/h9-14H,8H2,1-7H3. The first-order chi connectivity index (χ1) is 8.27. The van der Waals surface area contributed by atoms with E-state index in [0.29, 0.717) is 42.8 Å². The summed E-state index contributed by atoms with van der Waals surface area (Å²) in [7, 11) is 0. The molecular weight excluding hydrogens is 223 g/mol. The molecule has 0 aromatic heterocycles. The van der Waals surface area contributed by atoms with Crippen molar-refractivity contribution < 1.29 is 9.47 Å². The molecule has 0 radical (unpaired) electrons. The van der Waals surface area contributed by atoms with Crippen LogP contribution in [0.5, 0.6) is 0 Å². The second-order valence-corrected chi connectivity index (χ2v) is 7.52. The molecule has 2 rings (SSSR count). The fraction of sp³-hybridized carbons (Fsp3) is 1.00. The van der Waals surface area contributed by atoms with Crippen molar-refractivity contribution in [3.8, 4) is 0 Å². The number of hydrogen-bond acceptors (Lipinski definition) is 2. The van der Waals surface area contributed by atoms with Gasteiger partial charge in [-0.3, -0.25) is 0 Å². The number of ether oxygens (including phenoxy) is 2. The van der Waals surface area contributed by atoms with Gasteiger partial charge in [-0.1, -0.05) is 47.9 Å².